The van der Waals surface area contributed by atoms with E-state index in [0.29, 0.717) is 16.1 Å². The Morgan fingerprint density at radius 1 is 1.12 bits per heavy atom. The lowest BCUT2D eigenvalue weighted by Gasteiger charge is -2.13. The zero-order chi connectivity index (χ0) is 17.1. The third-order valence-corrected chi connectivity index (χ3v) is 6.16. The van der Waals surface area contributed by atoms with Crippen molar-refractivity contribution in [3.05, 3.63) is 68.0 Å². The number of nitrogens with one attached hydrogen (secondary N) is 1. The van der Waals surface area contributed by atoms with Gasteiger partial charge >= 0.3 is 0 Å². The molecular formula is C20H16N2OS2. The number of aromatic nitrogens is 2. The average Bonchev–Trinajstić information content (AvgIpc) is 3.37. The minimum Gasteiger partial charge on any atom is -0.323 e. The van der Waals surface area contributed by atoms with Gasteiger partial charge in [-0.25, -0.2) is 0 Å². The summed E-state index contributed by atoms with van der Waals surface area (Å²) < 4.78 is 2.09. The van der Waals surface area contributed by atoms with Crippen LogP contribution in [0.5, 0.6) is 0 Å². The Kier molecular flexibility index (Phi) is 3.24. The summed E-state index contributed by atoms with van der Waals surface area (Å²) in [5, 5.41) is 3.01. The predicted octanol–water partition coefficient (Wildman–Crippen LogP) is 5.45. The summed E-state index contributed by atoms with van der Waals surface area (Å²) in [5.41, 5.74) is 2.19. The molecule has 0 saturated heterocycles. The highest BCUT2D eigenvalue weighted by atomic mass is 32.1. The van der Waals surface area contributed by atoms with Gasteiger partial charge in [0.2, 0.25) is 0 Å². The molecule has 1 aliphatic rings. The molecule has 2 heterocycles. The molecule has 0 unspecified atom stereocenters. The number of nitrogens with zero attached hydrogens (tertiary/aromatic N) is 1. The second-order valence-corrected chi connectivity index (χ2v) is 8.31. The maximum absolute atomic E-state index is 13.1. The Labute approximate surface area is 153 Å². The fourth-order valence-corrected chi connectivity index (χ4v) is 4.85. The van der Waals surface area contributed by atoms with E-state index in [1.807, 2.05) is 25.1 Å². The molecule has 1 N–H and O–H groups in total. The van der Waals surface area contributed by atoms with Gasteiger partial charge in [0.15, 0.2) is 4.77 Å². The maximum Gasteiger partial charge on any atom is 0.267 e. The van der Waals surface area contributed by atoms with Gasteiger partial charge in [0.25, 0.3) is 5.56 Å². The SMILES string of the molecule is Cc1cc2c(=O)n(-c3ccc(C4CC4)c4ccccc34)c(=S)[nH]c2s1. The second kappa shape index (κ2) is 5.38. The zero-order valence-corrected chi connectivity index (χ0v) is 15.3. The van der Waals surface area contributed by atoms with E-state index < -0.39 is 0 Å². The highest BCUT2D eigenvalue weighted by molar-refractivity contribution is 7.71. The third-order valence-electron chi connectivity index (χ3n) is 4.91. The minimum atomic E-state index is -0.0487. The largest absolute Gasteiger partial charge is 0.323 e. The number of thiophene rings is 1. The molecule has 1 fully saturated rings. The Bertz CT molecular complexity index is 1260. The van der Waals surface area contributed by atoms with Crippen LogP contribution in [0.25, 0.3) is 26.7 Å². The summed E-state index contributed by atoms with van der Waals surface area (Å²) in [7, 11) is 0. The normalized spacial score (nSPS) is 14.4. The maximum atomic E-state index is 13.1. The number of aromatic amines is 1. The van der Waals surface area contributed by atoms with E-state index in [4.69, 9.17) is 12.2 Å². The van der Waals surface area contributed by atoms with Gasteiger partial charge in [0.05, 0.1) is 11.1 Å². The van der Waals surface area contributed by atoms with Gasteiger partial charge in [-0.05, 0) is 61.0 Å². The zero-order valence-electron chi connectivity index (χ0n) is 13.7. The number of fused-ring (bicyclic) bond motifs is 2. The molecule has 0 radical (unpaired) electrons. The van der Waals surface area contributed by atoms with Gasteiger partial charge in [-0.3, -0.25) is 9.36 Å². The molecule has 2 aromatic carbocycles. The molecule has 2 aromatic heterocycles. The topological polar surface area (TPSA) is 37.8 Å². The lowest BCUT2D eigenvalue weighted by Crippen LogP contribution is -2.20. The molecule has 5 heteroatoms. The van der Waals surface area contributed by atoms with Crippen LogP contribution in [0.3, 0.4) is 0 Å². The number of aryl methyl sites for hydroxylation is 1. The molecule has 1 saturated carbocycles. The average molecular weight is 364 g/mol. The van der Waals surface area contributed by atoms with Gasteiger partial charge in [-0.15, -0.1) is 11.3 Å². The van der Waals surface area contributed by atoms with E-state index in [2.05, 4.69) is 29.2 Å². The number of H-pyrrole nitrogens is 1. The van der Waals surface area contributed by atoms with Crippen molar-refractivity contribution in [2.75, 3.05) is 0 Å². The highest BCUT2D eigenvalue weighted by Gasteiger charge is 2.26. The molecule has 25 heavy (non-hydrogen) atoms. The van der Waals surface area contributed by atoms with E-state index in [0.717, 1.165) is 20.8 Å². The van der Waals surface area contributed by atoms with Crippen LogP contribution in [0, 0.1) is 11.7 Å². The summed E-state index contributed by atoms with van der Waals surface area (Å²) in [5.74, 6) is 0.659. The van der Waals surface area contributed by atoms with E-state index in [1.165, 1.54) is 23.8 Å². The minimum absolute atomic E-state index is 0.0487. The first-order chi connectivity index (χ1) is 12.1. The standard InChI is InChI=1S/C20H16N2OS2/c1-11-10-16-18(25-11)21-20(24)22(19(16)23)17-9-8-13(12-6-7-12)14-4-2-3-5-15(14)17/h2-5,8-10,12H,6-7H2,1H3,(H,21,24). The number of benzene rings is 2. The molecule has 5 rings (SSSR count). The van der Waals surface area contributed by atoms with Gasteiger partial charge in [0, 0.05) is 10.3 Å². The summed E-state index contributed by atoms with van der Waals surface area (Å²) in [4.78, 5) is 18.3. The van der Waals surface area contributed by atoms with E-state index in [-0.39, 0.29) is 5.56 Å². The molecule has 0 bridgehead atoms. The summed E-state index contributed by atoms with van der Waals surface area (Å²) in [6.45, 7) is 2.01. The van der Waals surface area contributed by atoms with E-state index in [9.17, 15) is 4.79 Å². The van der Waals surface area contributed by atoms with Crippen LogP contribution in [0.2, 0.25) is 0 Å². The van der Waals surface area contributed by atoms with Gasteiger partial charge in [-0.1, -0.05) is 30.3 Å². The van der Waals surface area contributed by atoms with Crippen molar-refractivity contribution in [2.45, 2.75) is 25.7 Å². The molecule has 0 atom stereocenters. The summed E-state index contributed by atoms with van der Waals surface area (Å²) >= 11 is 7.10. The quantitative estimate of drug-likeness (QED) is 0.480. The van der Waals surface area contributed by atoms with Gasteiger partial charge in [0.1, 0.15) is 4.83 Å². The first-order valence-electron chi connectivity index (χ1n) is 8.41. The molecule has 124 valence electrons. The molecule has 3 nitrogen and oxygen atoms in total. The number of rotatable bonds is 2. The van der Waals surface area contributed by atoms with E-state index in [1.54, 1.807) is 15.9 Å². The number of hydrogen-bond acceptors (Lipinski definition) is 3. The fraction of sp³-hybridized carbons (Fsp3) is 0.200. The number of hydrogen-bond donors (Lipinski definition) is 1. The van der Waals surface area contributed by atoms with Crippen molar-refractivity contribution in [1.82, 2.24) is 9.55 Å². The van der Waals surface area contributed by atoms with Crippen LogP contribution in [0.4, 0.5) is 0 Å². The van der Waals surface area contributed by atoms with Crippen molar-refractivity contribution in [1.29, 1.82) is 0 Å². The second-order valence-electron chi connectivity index (χ2n) is 6.66. The van der Waals surface area contributed by atoms with Crippen molar-refractivity contribution in [3.8, 4) is 5.69 Å². The lowest BCUT2D eigenvalue weighted by molar-refractivity contribution is 0.950. The predicted molar refractivity (Wildman–Crippen MR) is 107 cm³/mol. The molecule has 0 amide bonds. The molecular weight excluding hydrogens is 348 g/mol. The molecule has 0 spiro atoms. The molecule has 1 aliphatic carbocycles. The Morgan fingerprint density at radius 3 is 2.64 bits per heavy atom. The van der Waals surface area contributed by atoms with Crippen molar-refractivity contribution in [2.24, 2.45) is 0 Å². The first kappa shape index (κ1) is 15.0. The summed E-state index contributed by atoms with van der Waals surface area (Å²) in [6.07, 6.45) is 2.51. The van der Waals surface area contributed by atoms with Crippen LogP contribution < -0.4 is 5.56 Å². The van der Waals surface area contributed by atoms with Crippen LogP contribution in [0.1, 0.15) is 29.2 Å². The Hall–Kier alpha value is -2.24. The first-order valence-corrected chi connectivity index (χ1v) is 9.63. The molecule has 0 aliphatic heterocycles. The van der Waals surface area contributed by atoms with E-state index >= 15 is 0 Å². The van der Waals surface area contributed by atoms with Crippen LogP contribution in [-0.4, -0.2) is 9.55 Å². The summed E-state index contributed by atoms with van der Waals surface area (Å²) in [6, 6.07) is 14.5. The Balaban J connectivity index is 1.88. The Morgan fingerprint density at radius 2 is 1.88 bits per heavy atom. The van der Waals surface area contributed by atoms with Crippen LogP contribution in [-0.2, 0) is 0 Å². The lowest BCUT2D eigenvalue weighted by atomic mass is 9.99. The van der Waals surface area contributed by atoms with Crippen LogP contribution in [0.15, 0.2) is 47.3 Å². The monoisotopic (exact) mass is 364 g/mol. The third kappa shape index (κ3) is 2.30. The fourth-order valence-electron chi connectivity index (χ4n) is 3.60. The highest BCUT2D eigenvalue weighted by Crippen LogP contribution is 2.44. The van der Waals surface area contributed by atoms with Crippen molar-refractivity contribution in [3.63, 3.8) is 0 Å². The van der Waals surface area contributed by atoms with Crippen molar-refractivity contribution >= 4 is 44.5 Å². The van der Waals surface area contributed by atoms with Crippen molar-refractivity contribution < 1.29 is 0 Å². The van der Waals surface area contributed by atoms with Gasteiger partial charge in [-0.2, -0.15) is 0 Å². The smallest absolute Gasteiger partial charge is 0.267 e. The van der Waals surface area contributed by atoms with Gasteiger partial charge < -0.3 is 4.98 Å². The molecule has 4 aromatic rings. The van der Waals surface area contributed by atoms with Crippen LogP contribution >= 0.6 is 23.6 Å².